The highest BCUT2D eigenvalue weighted by atomic mass is 19.1. The number of carbonyl (C=O) groups is 1. The zero-order valence-electron chi connectivity index (χ0n) is 17.3. The molecule has 4 nitrogen and oxygen atoms in total. The summed E-state index contributed by atoms with van der Waals surface area (Å²) < 4.78 is 16.5. The van der Waals surface area contributed by atoms with E-state index in [9.17, 15) is 9.18 Å². The number of hydrogen-bond donors (Lipinski definition) is 0. The number of hydrogen-bond acceptors (Lipinski definition) is 2. The SMILES string of the molecule is C/C=C(C)\C=C(/CC)Cn1nc2c(c1C)CCN(c1cccc(C)c1F)C2=O. The molecule has 3 rings (SSSR count). The summed E-state index contributed by atoms with van der Waals surface area (Å²) in [7, 11) is 0. The summed E-state index contributed by atoms with van der Waals surface area (Å²) in [6.07, 6.45) is 5.86. The van der Waals surface area contributed by atoms with Crippen LogP contribution in [0, 0.1) is 19.7 Å². The Hall–Kier alpha value is -2.69. The topological polar surface area (TPSA) is 38.1 Å². The summed E-state index contributed by atoms with van der Waals surface area (Å²) in [5, 5.41) is 4.62. The molecule has 0 radical (unpaired) electrons. The van der Waals surface area contributed by atoms with Gasteiger partial charge in [0, 0.05) is 17.8 Å². The van der Waals surface area contributed by atoms with E-state index in [1.165, 1.54) is 16.0 Å². The van der Waals surface area contributed by atoms with E-state index >= 15 is 0 Å². The van der Waals surface area contributed by atoms with Crippen molar-refractivity contribution in [3.05, 3.63) is 69.8 Å². The maximum atomic E-state index is 14.6. The minimum atomic E-state index is -0.339. The average molecular weight is 381 g/mol. The number of aryl methyl sites for hydroxylation is 1. The highest BCUT2D eigenvalue weighted by Gasteiger charge is 2.32. The molecule has 0 bridgehead atoms. The number of rotatable bonds is 5. The molecule has 1 aliphatic rings. The van der Waals surface area contributed by atoms with Crippen LogP contribution in [0.2, 0.25) is 0 Å². The Bertz CT molecular complexity index is 968. The minimum Gasteiger partial charge on any atom is -0.304 e. The smallest absolute Gasteiger partial charge is 0.279 e. The van der Waals surface area contributed by atoms with Crippen molar-refractivity contribution in [1.29, 1.82) is 0 Å². The highest BCUT2D eigenvalue weighted by Crippen LogP contribution is 2.29. The maximum absolute atomic E-state index is 14.6. The van der Waals surface area contributed by atoms with Gasteiger partial charge in [0.2, 0.25) is 0 Å². The van der Waals surface area contributed by atoms with Crippen LogP contribution in [0.25, 0.3) is 0 Å². The third kappa shape index (κ3) is 3.66. The Balaban J connectivity index is 1.94. The molecule has 0 fully saturated rings. The normalized spacial score (nSPS) is 15.2. The van der Waals surface area contributed by atoms with Crippen LogP contribution in [0.4, 0.5) is 10.1 Å². The van der Waals surface area contributed by atoms with Crippen LogP contribution in [-0.4, -0.2) is 22.2 Å². The molecule has 1 amide bonds. The number of aromatic nitrogens is 2. The highest BCUT2D eigenvalue weighted by molar-refractivity contribution is 6.07. The molecule has 0 spiro atoms. The first kappa shape index (κ1) is 20.1. The Morgan fingerprint density at radius 2 is 2.07 bits per heavy atom. The third-order valence-electron chi connectivity index (χ3n) is 5.52. The molecule has 1 aromatic heterocycles. The number of halogens is 1. The van der Waals surface area contributed by atoms with Gasteiger partial charge in [-0.3, -0.25) is 9.48 Å². The molecule has 148 valence electrons. The molecule has 5 heteroatoms. The van der Waals surface area contributed by atoms with E-state index in [1.54, 1.807) is 25.1 Å². The van der Waals surface area contributed by atoms with Gasteiger partial charge in [0.15, 0.2) is 5.69 Å². The molecule has 0 atom stereocenters. The van der Waals surface area contributed by atoms with Gasteiger partial charge in [-0.2, -0.15) is 5.10 Å². The molecule has 0 N–H and O–H groups in total. The van der Waals surface area contributed by atoms with E-state index in [-0.39, 0.29) is 11.7 Å². The monoisotopic (exact) mass is 381 g/mol. The fraction of sp³-hybridized carbons (Fsp3) is 0.391. The minimum absolute atomic E-state index is 0.223. The van der Waals surface area contributed by atoms with Crippen molar-refractivity contribution in [1.82, 2.24) is 9.78 Å². The van der Waals surface area contributed by atoms with Crippen LogP contribution >= 0.6 is 0 Å². The molecule has 2 aromatic rings. The second-order valence-electron chi connectivity index (χ2n) is 7.37. The third-order valence-corrected chi connectivity index (χ3v) is 5.52. The average Bonchev–Trinajstić information content (AvgIpc) is 3.00. The standard InChI is InChI=1S/C23H28FN3O/c1-6-15(3)13-18(7-2)14-27-17(5)19-11-12-26(23(28)22(19)25-27)20-10-8-9-16(4)21(20)24/h6,8-10,13H,7,11-12,14H2,1-5H3/b15-6-,18-13+. The van der Waals surface area contributed by atoms with E-state index in [2.05, 4.69) is 31.1 Å². The van der Waals surface area contributed by atoms with E-state index in [1.807, 2.05) is 18.5 Å². The molecular formula is C23H28FN3O. The fourth-order valence-electron chi connectivity index (χ4n) is 3.59. The molecule has 2 heterocycles. The van der Waals surface area contributed by atoms with E-state index < -0.39 is 0 Å². The first-order valence-electron chi connectivity index (χ1n) is 9.83. The van der Waals surface area contributed by atoms with Crippen LogP contribution in [0.1, 0.15) is 54.5 Å². The molecule has 1 aromatic carbocycles. The van der Waals surface area contributed by atoms with Gasteiger partial charge in [-0.15, -0.1) is 0 Å². The lowest BCUT2D eigenvalue weighted by atomic mass is 10.0. The van der Waals surface area contributed by atoms with Gasteiger partial charge in [0.1, 0.15) is 5.82 Å². The lowest BCUT2D eigenvalue weighted by molar-refractivity contribution is 0.0974. The van der Waals surface area contributed by atoms with Crippen molar-refractivity contribution < 1.29 is 9.18 Å². The zero-order valence-corrected chi connectivity index (χ0v) is 17.3. The molecular weight excluding hydrogens is 353 g/mol. The Kier molecular flexibility index (Phi) is 5.82. The number of anilines is 1. The number of amides is 1. The predicted octanol–water partition coefficient (Wildman–Crippen LogP) is 5.14. The van der Waals surface area contributed by atoms with Crippen LogP contribution in [0.5, 0.6) is 0 Å². The molecule has 0 unspecified atom stereocenters. The molecule has 1 aliphatic heterocycles. The van der Waals surface area contributed by atoms with Crippen LogP contribution in [-0.2, 0) is 13.0 Å². The Labute approximate surface area is 166 Å². The lowest BCUT2D eigenvalue weighted by Gasteiger charge is -2.27. The first-order chi connectivity index (χ1) is 13.4. The number of fused-ring (bicyclic) bond motifs is 1. The Morgan fingerprint density at radius 1 is 1.32 bits per heavy atom. The lowest BCUT2D eigenvalue weighted by Crippen LogP contribution is -2.38. The van der Waals surface area contributed by atoms with Crippen molar-refractivity contribution in [3.8, 4) is 0 Å². The van der Waals surface area contributed by atoms with Gasteiger partial charge in [0.05, 0.1) is 12.2 Å². The van der Waals surface area contributed by atoms with Gasteiger partial charge >= 0.3 is 0 Å². The second kappa shape index (κ2) is 8.13. The number of benzene rings is 1. The van der Waals surface area contributed by atoms with Crippen molar-refractivity contribution in [3.63, 3.8) is 0 Å². The Morgan fingerprint density at radius 3 is 2.75 bits per heavy atom. The van der Waals surface area contributed by atoms with Crippen molar-refractivity contribution in [2.75, 3.05) is 11.4 Å². The fourth-order valence-corrected chi connectivity index (χ4v) is 3.59. The van der Waals surface area contributed by atoms with Gasteiger partial charge in [-0.25, -0.2) is 4.39 Å². The molecule has 0 saturated carbocycles. The molecule has 28 heavy (non-hydrogen) atoms. The van der Waals surface area contributed by atoms with Crippen molar-refractivity contribution >= 4 is 11.6 Å². The predicted molar refractivity (Wildman–Crippen MR) is 111 cm³/mol. The van der Waals surface area contributed by atoms with E-state index in [0.717, 1.165) is 17.7 Å². The quantitative estimate of drug-likeness (QED) is 0.672. The summed E-state index contributed by atoms with van der Waals surface area (Å²) in [6, 6.07) is 5.15. The summed E-state index contributed by atoms with van der Waals surface area (Å²) in [4.78, 5) is 14.6. The molecule has 0 saturated heterocycles. The first-order valence-corrected chi connectivity index (χ1v) is 9.83. The van der Waals surface area contributed by atoms with Gasteiger partial charge < -0.3 is 4.90 Å². The van der Waals surface area contributed by atoms with Gasteiger partial charge in [0.25, 0.3) is 5.91 Å². The largest absolute Gasteiger partial charge is 0.304 e. The van der Waals surface area contributed by atoms with Gasteiger partial charge in [-0.05, 0) is 57.7 Å². The van der Waals surface area contributed by atoms with Crippen LogP contribution in [0.15, 0.2) is 41.5 Å². The van der Waals surface area contributed by atoms with Crippen molar-refractivity contribution in [2.24, 2.45) is 0 Å². The summed E-state index contributed by atoms with van der Waals surface area (Å²) >= 11 is 0. The van der Waals surface area contributed by atoms with Crippen LogP contribution in [0.3, 0.4) is 0 Å². The zero-order chi connectivity index (χ0) is 20.4. The number of nitrogens with zero attached hydrogens (tertiary/aromatic N) is 3. The van der Waals surface area contributed by atoms with E-state index in [0.29, 0.717) is 36.5 Å². The summed E-state index contributed by atoms with van der Waals surface area (Å²) in [5.74, 6) is -0.562. The maximum Gasteiger partial charge on any atom is 0.279 e. The summed E-state index contributed by atoms with van der Waals surface area (Å²) in [5.41, 5.74) is 5.78. The van der Waals surface area contributed by atoms with Crippen LogP contribution < -0.4 is 4.90 Å². The van der Waals surface area contributed by atoms with E-state index in [4.69, 9.17) is 0 Å². The van der Waals surface area contributed by atoms with Crippen molar-refractivity contribution in [2.45, 2.75) is 54.0 Å². The molecule has 0 aliphatic carbocycles. The second-order valence-corrected chi connectivity index (χ2v) is 7.37. The number of allylic oxidation sites excluding steroid dienone is 4. The summed E-state index contributed by atoms with van der Waals surface area (Å²) in [6.45, 7) is 11.1. The van der Waals surface area contributed by atoms with Gasteiger partial charge in [-0.1, -0.05) is 36.8 Å². The number of carbonyl (C=O) groups excluding carboxylic acids is 1.